The summed E-state index contributed by atoms with van der Waals surface area (Å²) in [6.07, 6.45) is 0. The molecule has 0 spiro atoms. The van der Waals surface area contributed by atoms with Gasteiger partial charge in [0.1, 0.15) is 5.16 Å². The zero-order chi connectivity index (χ0) is 8.59. The summed E-state index contributed by atoms with van der Waals surface area (Å²) < 4.78 is 1.20. The van der Waals surface area contributed by atoms with Crippen molar-refractivity contribution < 1.29 is 9.90 Å². The number of nitrogens with zero attached hydrogens (tertiary/aromatic N) is 2. The molecule has 0 fully saturated rings. The number of carboxylic acids is 1. The number of carbonyl (C=O) groups is 1. The highest BCUT2D eigenvalue weighted by molar-refractivity contribution is 6.32. The first-order valence-corrected chi connectivity index (χ1v) is 3.54. The van der Waals surface area contributed by atoms with Crippen molar-refractivity contribution in [2.45, 2.75) is 0 Å². The van der Waals surface area contributed by atoms with Crippen LogP contribution in [0.15, 0.2) is 10.7 Å². The molecule has 0 aliphatic carbocycles. The predicted octanol–water partition coefficient (Wildman–Crippen LogP) is 0.838. The molecule has 62 valence electrons. The van der Waals surface area contributed by atoms with Crippen molar-refractivity contribution in [1.29, 1.82) is 0 Å². The Bertz CT molecular complexity index is 229. The van der Waals surface area contributed by atoms with Crippen molar-refractivity contribution in [2.24, 2.45) is 0 Å². The molecule has 1 aliphatic heterocycles. The fourth-order valence-electron chi connectivity index (χ4n) is 0.748. The van der Waals surface area contributed by atoms with Crippen LogP contribution in [0, 0.1) is 0 Å². The van der Waals surface area contributed by atoms with Gasteiger partial charge in [0.05, 0.1) is 12.1 Å². The van der Waals surface area contributed by atoms with Crippen LogP contribution >= 0.6 is 23.4 Å². The molecule has 1 heterocycles. The maximum absolute atomic E-state index is 10.4. The highest BCUT2D eigenvalue weighted by Crippen LogP contribution is 2.25. The maximum atomic E-state index is 10.4. The molecule has 0 radical (unpaired) electrons. The Kier molecular flexibility index (Phi) is 2.27. The van der Waals surface area contributed by atoms with E-state index in [0.29, 0.717) is 0 Å². The van der Waals surface area contributed by atoms with Crippen molar-refractivity contribution in [3.63, 3.8) is 0 Å². The molecule has 0 aromatic rings. The quantitative estimate of drug-likeness (QED) is 0.499. The van der Waals surface area contributed by atoms with E-state index in [0.717, 1.165) is 0 Å². The first-order valence-electron chi connectivity index (χ1n) is 2.83. The standard InChI is InChI=1S/C5H6Cl2N2O2/c1-8-4(6)3(5(10)11)2-9(8)7/h2H2,1H3,(H,10,11). The number of halogens is 2. The van der Waals surface area contributed by atoms with E-state index in [2.05, 4.69) is 0 Å². The number of aliphatic carboxylic acids is 1. The van der Waals surface area contributed by atoms with Gasteiger partial charge in [-0.05, 0) is 0 Å². The number of hydrogen-bond acceptors (Lipinski definition) is 3. The summed E-state index contributed by atoms with van der Waals surface area (Å²) in [5.74, 6) is -1.04. The van der Waals surface area contributed by atoms with Crippen LogP contribution in [0.3, 0.4) is 0 Å². The summed E-state index contributed by atoms with van der Waals surface area (Å²) in [6, 6.07) is 0. The molecule has 0 aromatic carbocycles. The van der Waals surface area contributed by atoms with Gasteiger partial charge in [0, 0.05) is 18.8 Å². The van der Waals surface area contributed by atoms with Gasteiger partial charge in [-0.1, -0.05) is 11.6 Å². The zero-order valence-electron chi connectivity index (χ0n) is 5.71. The first kappa shape index (κ1) is 8.64. The second-order valence-electron chi connectivity index (χ2n) is 2.09. The largest absolute Gasteiger partial charge is 0.478 e. The van der Waals surface area contributed by atoms with E-state index in [1.54, 1.807) is 7.05 Å². The third kappa shape index (κ3) is 1.42. The third-order valence-electron chi connectivity index (χ3n) is 1.41. The van der Waals surface area contributed by atoms with Crippen molar-refractivity contribution in [3.8, 4) is 0 Å². The molecule has 0 saturated carbocycles. The molecule has 6 heteroatoms. The lowest BCUT2D eigenvalue weighted by Gasteiger charge is -2.17. The SMILES string of the molecule is CN1C(Cl)=C(C(=O)O)CN1Cl. The summed E-state index contributed by atoms with van der Waals surface area (Å²) in [7, 11) is 1.59. The molecule has 11 heavy (non-hydrogen) atoms. The van der Waals surface area contributed by atoms with E-state index >= 15 is 0 Å². The van der Waals surface area contributed by atoms with E-state index in [4.69, 9.17) is 28.5 Å². The lowest BCUT2D eigenvalue weighted by Crippen LogP contribution is -2.24. The summed E-state index contributed by atoms with van der Waals surface area (Å²) >= 11 is 11.2. The van der Waals surface area contributed by atoms with Crippen molar-refractivity contribution in [1.82, 2.24) is 9.54 Å². The number of carboxylic acid groups (broad SMARTS) is 1. The minimum atomic E-state index is -1.04. The minimum absolute atomic E-state index is 0.115. The van der Waals surface area contributed by atoms with Crippen molar-refractivity contribution >= 4 is 29.3 Å². The Morgan fingerprint density at radius 1 is 1.73 bits per heavy atom. The maximum Gasteiger partial charge on any atom is 0.336 e. The molecule has 0 saturated heterocycles. The highest BCUT2D eigenvalue weighted by Gasteiger charge is 2.28. The molecule has 1 rings (SSSR count). The average Bonchev–Trinajstić information content (AvgIpc) is 2.17. The zero-order valence-corrected chi connectivity index (χ0v) is 7.22. The molecule has 1 N–H and O–H groups in total. The molecule has 0 bridgehead atoms. The van der Waals surface area contributed by atoms with Crippen LogP contribution < -0.4 is 0 Å². The van der Waals surface area contributed by atoms with Gasteiger partial charge in [-0.15, -0.1) is 4.53 Å². The Morgan fingerprint density at radius 3 is 2.45 bits per heavy atom. The van der Waals surface area contributed by atoms with Gasteiger partial charge in [0.2, 0.25) is 0 Å². The van der Waals surface area contributed by atoms with Gasteiger partial charge in [-0.2, -0.15) is 0 Å². The topological polar surface area (TPSA) is 43.8 Å². The lowest BCUT2D eigenvalue weighted by atomic mass is 10.3. The van der Waals surface area contributed by atoms with Crippen molar-refractivity contribution in [2.75, 3.05) is 13.6 Å². The smallest absolute Gasteiger partial charge is 0.336 e. The Balaban J connectivity index is 2.89. The number of hydrazine groups is 1. The fraction of sp³-hybridized carbons (Fsp3) is 0.400. The Hall–Kier alpha value is -0.450. The summed E-state index contributed by atoms with van der Waals surface area (Å²) in [6.45, 7) is 0.131. The minimum Gasteiger partial charge on any atom is -0.478 e. The Labute approximate surface area is 73.7 Å². The van der Waals surface area contributed by atoms with Gasteiger partial charge < -0.3 is 5.11 Å². The van der Waals surface area contributed by atoms with E-state index in [1.165, 1.54) is 9.54 Å². The molecule has 0 unspecified atom stereocenters. The first-order chi connectivity index (χ1) is 5.04. The Morgan fingerprint density at radius 2 is 2.27 bits per heavy atom. The molecule has 0 atom stereocenters. The van der Waals surface area contributed by atoms with Gasteiger partial charge >= 0.3 is 5.97 Å². The third-order valence-corrected chi connectivity index (χ3v) is 2.22. The van der Waals surface area contributed by atoms with Gasteiger partial charge in [-0.3, -0.25) is 5.01 Å². The normalized spacial score (nSPS) is 19.7. The van der Waals surface area contributed by atoms with Gasteiger partial charge in [-0.25, -0.2) is 4.79 Å². The summed E-state index contributed by atoms with van der Waals surface area (Å²) in [5.41, 5.74) is 0.115. The van der Waals surface area contributed by atoms with E-state index in [1.807, 2.05) is 0 Å². The molecule has 4 nitrogen and oxygen atoms in total. The highest BCUT2D eigenvalue weighted by atomic mass is 35.5. The van der Waals surface area contributed by atoms with E-state index < -0.39 is 5.97 Å². The van der Waals surface area contributed by atoms with Crippen LogP contribution in [-0.4, -0.2) is 34.2 Å². The van der Waals surface area contributed by atoms with Crippen LogP contribution in [0.5, 0.6) is 0 Å². The second kappa shape index (κ2) is 2.89. The monoisotopic (exact) mass is 196 g/mol. The van der Waals surface area contributed by atoms with E-state index in [-0.39, 0.29) is 17.3 Å². The number of rotatable bonds is 1. The lowest BCUT2D eigenvalue weighted by molar-refractivity contribution is -0.132. The van der Waals surface area contributed by atoms with Gasteiger partial charge in [0.25, 0.3) is 0 Å². The van der Waals surface area contributed by atoms with Crippen LogP contribution in [0.25, 0.3) is 0 Å². The molecular formula is C5H6Cl2N2O2. The fourth-order valence-corrected chi connectivity index (χ4v) is 1.21. The van der Waals surface area contributed by atoms with Gasteiger partial charge in [0.15, 0.2) is 0 Å². The number of hydrogen-bond donors (Lipinski definition) is 1. The van der Waals surface area contributed by atoms with Crippen LogP contribution in [0.4, 0.5) is 0 Å². The molecule has 0 amide bonds. The van der Waals surface area contributed by atoms with Crippen LogP contribution in [0.2, 0.25) is 0 Å². The predicted molar refractivity (Wildman–Crippen MR) is 40.8 cm³/mol. The molecular weight excluding hydrogens is 191 g/mol. The van der Waals surface area contributed by atoms with Crippen molar-refractivity contribution in [3.05, 3.63) is 10.7 Å². The average molecular weight is 197 g/mol. The summed E-state index contributed by atoms with van der Waals surface area (Å²) in [5, 5.41) is 10.1. The van der Waals surface area contributed by atoms with Crippen LogP contribution in [-0.2, 0) is 4.79 Å². The summed E-state index contributed by atoms with van der Waals surface area (Å²) in [4.78, 5) is 10.4. The molecule has 0 aromatic heterocycles. The molecule has 1 aliphatic rings. The van der Waals surface area contributed by atoms with E-state index in [9.17, 15) is 4.79 Å². The van der Waals surface area contributed by atoms with Crippen LogP contribution in [0.1, 0.15) is 0 Å². The second-order valence-corrected chi connectivity index (χ2v) is 2.84.